The molecule has 0 saturated heterocycles. The number of benzene rings is 2. The molecule has 122 valence electrons. The molecule has 0 aliphatic heterocycles. The molecular weight excluding hydrogens is 305 g/mol. The van der Waals surface area contributed by atoms with Crippen LogP contribution >= 0.6 is 0 Å². The van der Waals surface area contributed by atoms with Gasteiger partial charge in [-0.1, -0.05) is 18.2 Å². The molecule has 23 heavy (non-hydrogen) atoms. The van der Waals surface area contributed by atoms with Crippen LogP contribution in [0.4, 0.5) is 24.5 Å². The largest absolute Gasteiger partial charge is 0.416 e. The summed E-state index contributed by atoms with van der Waals surface area (Å²) in [5.74, 6) is -0.412. The molecule has 0 unspecified atom stereocenters. The number of rotatable bonds is 4. The van der Waals surface area contributed by atoms with Crippen LogP contribution in [0.5, 0.6) is 0 Å². The summed E-state index contributed by atoms with van der Waals surface area (Å²) in [7, 11) is 0. The molecule has 2 aromatic carbocycles. The Hall–Kier alpha value is -2.50. The average Bonchev–Trinajstić information content (AvgIpc) is 2.47. The van der Waals surface area contributed by atoms with Crippen LogP contribution in [0.15, 0.2) is 42.5 Å². The van der Waals surface area contributed by atoms with E-state index in [0.717, 1.165) is 28.9 Å². The average molecular weight is 322 g/mol. The van der Waals surface area contributed by atoms with Crippen molar-refractivity contribution in [3.05, 3.63) is 59.2 Å². The molecule has 0 fully saturated rings. The molecule has 1 amide bonds. The Morgan fingerprint density at radius 3 is 2.52 bits per heavy atom. The van der Waals surface area contributed by atoms with Crippen LogP contribution in [0.3, 0.4) is 0 Å². The van der Waals surface area contributed by atoms with E-state index in [4.69, 9.17) is 0 Å². The first-order chi connectivity index (χ1) is 10.8. The van der Waals surface area contributed by atoms with E-state index in [-0.39, 0.29) is 12.2 Å². The first kappa shape index (κ1) is 16.9. The lowest BCUT2D eigenvalue weighted by molar-refractivity contribution is -0.137. The first-order valence-electron chi connectivity index (χ1n) is 7.04. The predicted molar refractivity (Wildman–Crippen MR) is 84.5 cm³/mol. The summed E-state index contributed by atoms with van der Waals surface area (Å²) in [6.45, 7) is 3.82. The van der Waals surface area contributed by atoms with Crippen LogP contribution in [0.25, 0.3) is 0 Å². The summed E-state index contributed by atoms with van der Waals surface area (Å²) in [4.78, 5) is 11.9. The molecule has 0 aromatic heterocycles. The van der Waals surface area contributed by atoms with Gasteiger partial charge in [-0.25, -0.2) is 0 Å². The van der Waals surface area contributed by atoms with Crippen LogP contribution in [0.1, 0.15) is 16.7 Å². The van der Waals surface area contributed by atoms with Crippen molar-refractivity contribution in [2.75, 3.05) is 17.2 Å². The van der Waals surface area contributed by atoms with Gasteiger partial charge >= 0.3 is 6.18 Å². The third kappa shape index (κ3) is 4.74. The first-order valence-corrected chi connectivity index (χ1v) is 7.04. The molecule has 3 nitrogen and oxygen atoms in total. The van der Waals surface area contributed by atoms with Crippen LogP contribution < -0.4 is 10.6 Å². The molecule has 0 atom stereocenters. The lowest BCUT2D eigenvalue weighted by Gasteiger charge is -2.12. The zero-order valence-corrected chi connectivity index (χ0v) is 12.8. The van der Waals surface area contributed by atoms with E-state index in [9.17, 15) is 18.0 Å². The molecule has 0 saturated carbocycles. The van der Waals surface area contributed by atoms with Gasteiger partial charge in [-0.15, -0.1) is 0 Å². The summed E-state index contributed by atoms with van der Waals surface area (Å²) >= 11 is 0. The number of alkyl halides is 3. The van der Waals surface area contributed by atoms with E-state index in [1.165, 1.54) is 12.1 Å². The van der Waals surface area contributed by atoms with Gasteiger partial charge in [0.1, 0.15) is 0 Å². The van der Waals surface area contributed by atoms with E-state index >= 15 is 0 Å². The lowest BCUT2D eigenvalue weighted by atomic mass is 10.1. The van der Waals surface area contributed by atoms with E-state index in [1.54, 1.807) is 0 Å². The lowest BCUT2D eigenvalue weighted by Crippen LogP contribution is -2.22. The Morgan fingerprint density at radius 1 is 1.09 bits per heavy atom. The van der Waals surface area contributed by atoms with Crippen LogP contribution in [0.2, 0.25) is 0 Å². The van der Waals surface area contributed by atoms with Gasteiger partial charge in [-0.05, 0) is 49.2 Å². The minimum absolute atomic E-state index is 0.0272. The van der Waals surface area contributed by atoms with E-state index in [0.29, 0.717) is 0 Å². The molecular formula is C17H17F3N2O. The third-order valence-corrected chi connectivity index (χ3v) is 3.31. The van der Waals surface area contributed by atoms with Crippen molar-refractivity contribution >= 4 is 17.3 Å². The zero-order valence-electron chi connectivity index (χ0n) is 12.8. The fraction of sp³-hybridized carbons (Fsp3) is 0.235. The number of carbonyl (C=O) groups excluding carboxylic acids is 1. The second kappa shape index (κ2) is 6.73. The molecule has 6 heteroatoms. The quantitative estimate of drug-likeness (QED) is 0.877. The molecule has 0 heterocycles. The Labute approximate surface area is 132 Å². The standard InChI is InChI=1S/C17H17F3N2O/c1-11-6-7-12(2)15(8-11)21-10-16(23)22-14-5-3-4-13(9-14)17(18,19)20/h3-9,21H,10H2,1-2H3,(H,22,23). The Kier molecular flexibility index (Phi) is 4.93. The molecule has 0 radical (unpaired) electrons. The number of hydrogen-bond acceptors (Lipinski definition) is 2. The van der Waals surface area contributed by atoms with Gasteiger partial charge in [0.2, 0.25) is 5.91 Å². The SMILES string of the molecule is Cc1ccc(C)c(NCC(=O)Nc2cccc(C(F)(F)F)c2)c1. The minimum atomic E-state index is -4.43. The monoisotopic (exact) mass is 322 g/mol. The normalized spacial score (nSPS) is 11.2. The van der Waals surface area contributed by atoms with Crippen molar-refractivity contribution in [1.29, 1.82) is 0 Å². The number of anilines is 2. The molecule has 0 aliphatic carbocycles. The van der Waals surface area contributed by atoms with Gasteiger partial charge in [0.25, 0.3) is 0 Å². The third-order valence-electron chi connectivity index (χ3n) is 3.31. The maximum Gasteiger partial charge on any atom is 0.416 e. The summed E-state index contributed by atoms with van der Waals surface area (Å²) in [5, 5.41) is 5.44. The zero-order chi connectivity index (χ0) is 17.0. The number of hydrogen-bond donors (Lipinski definition) is 2. The molecule has 0 bridgehead atoms. The smallest absolute Gasteiger partial charge is 0.376 e. The maximum absolute atomic E-state index is 12.6. The van der Waals surface area contributed by atoms with E-state index in [1.807, 2.05) is 32.0 Å². The summed E-state index contributed by atoms with van der Waals surface area (Å²) in [5.41, 5.74) is 2.19. The van der Waals surface area contributed by atoms with Gasteiger partial charge in [0.15, 0.2) is 0 Å². The summed E-state index contributed by atoms with van der Waals surface area (Å²) < 4.78 is 37.9. The van der Waals surface area contributed by atoms with E-state index in [2.05, 4.69) is 10.6 Å². The number of carbonyl (C=O) groups is 1. The highest BCUT2D eigenvalue weighted by molar-refractivity contribution is 5.93. The second-order valence-electron chi connectivity index (χ2n) is 5.30. The number of halogens is 3. The summed E-state index contributed by atoms with van der Waals surface area (Å²) in [6.07, 6.45) is -4.43. The van der Waals surface area contributed by atoms with Crippen LogP contribution in [-0.4, -0.2) is 12.5 Å². The van der Waals surface area contributed by atoms with Crippen molar-refractivity contribution in [3.63, 3.8) is 0 Å². The fourth-order valence-corrected chi connectivity index (χ4v) is 2.08. The molecule has 2 rings (SSSR count). The molecule has 2 N–H and O–H groups in total. The number of aryl methyl sites for hydroxylation is 2. The van der Waals surface area contributed by atoms with Crippen molar-refractivity contribution in [2.24, 2.45) is 0 Å². The number of amides is 1. The van der Waals surface area contributed by atoms with Crippen molar-refractivity contribution < 1.29 is 18.0 Å². The highest BCUT2D eigenvalue weighted by Crippen LogP contribution is 2.30. The van der Waals surface area contributed by atoms with Gasteiger partial charge in [0.05, 0.1) is 12.1 Å². The maximum atomic E-state index is 12.6. The molecule has 0 spiro atoms. The van der Waals surface area contributed by atoms with E-state index < -0.39 is 17.6 Å². The topological polar surface area (TPSA) is 41.1 Å². The van der Waals surface area contributed by atoms with Crippen molar-refractivity contribution in [1.82, 2.24) is 0 Å². The van der Waals surface area contributed by atoms with Gasteiger partial charge in [0, 0.05) is 11.4 Å². The van der Waals surface area contributed by atoms with Gasteiger partial charge < -0.3 is 10.6 Å². The predicted octanol–water partition coefficient (Wildman–Crippen LogP) is 4.37. The molecule has 2 aromatic rings. The number of nitrogens with one attached hydrogen (secondary N) is 2. The second-order valence-corrected chi connectivity index (χ2v) is 5.30. The fourth-order valence-electron chi connectivity index (χ4n) is 2.08. The highest BCUT2D eigenvalue weighted by Gasteiger charge is 2.30. The summed E-state index contributed by atoms with van der Waals surface area (Å²) in [6, 6.07) is 10.4. The van der Waals surface area contributed by atoms with Crippen LogP contribution in [-0.2, 0) is 11.0 Å². The molecule has 0 aliphatic rings. The van der Waals surface area contributed by atoms with Gasteiger partial charge in [-0.2, -0.15) is 13.2 Å². The minimum Gasteiger partial charge on any atom is -0.376 e. The van der Waals surface area contributed by atoms with Crippen molar-refractivity contribution in [3.8, 4) is 0 Å². The Morgan fingerprint density at radius 2 is 1.83 bits per heavy atom. The van der Waals surface area contributed by atoms with Gasteiger partial charge in [-0.3, -0.25) is 4.79 Å². The van der Waals surface area contributed by atoms with Crippen molar-refractivity contribution in [2.45, 2.75) is 20.0 Å². The van der Waals surface area contributed by atoms with Crippen LogP contribution in [0, 0.1) is 13.8 Å². The Bertz CT molecular complexity index is 711. The Balaban J connectivity index is 1.99. The highest BCUT2D eigenvalue weighted by atomic mass is 19.4.